The number of morpholine rings is 1. The van der Waals surface area contributed by atoms with Crippen LogP contribution < -0.4 is 0 Å². The zero-order valence-electron chi connectivity index (χ0n) is 9.80. The Morgan fingerprint density at radius 2 is 2.07 bits per heavy atom. The van der Waals surface area contributed by atoms with Crippen molar-refractivity contribution in [2.45, 2.75) is 52.1 Å². The van der Waals surface area contributed by atoms with E-state index in [9.17, 15) is 0 Å². The van der Waals surface area contributed by atoms with Crippen LogP contribution in [0.3, 0.4) is 0 Å². The fraction of sp³-hybridized carbons (Fsp3) is 1.00. The average Bonchev–Trinajstić information content (AvgIpc) is 2.25. The van der Waals surface area contributed by atoms with Crippen molar-refractivity contribution in [2.24, 2.45) is 0 Å². The highest BCUT2D eigenvalue weighted by molar-refractivity contribution is 4.70. The van der Waals surface area contributed by atoms with Gasteiger partial charge in [-0.15, -0.1) is 0 Å². The molecule has 2 heteroatoms. The molecule has 1 atom stereocenters. The molecule has 1 heterocycles. The lowest BCUT2D eigenvalue weighted by Crippen LogP contribution is -2.42. The average molecular weight is 199 g/mol. The second-order valence-electron chi connectivity index (χ2n) is 4.24. The summed E-state index contributed by atoms with van der Waals surface area (Å²) in [6, 6.07) is 0. The minimum absolute atomic E-state index is 0.514. The number of nitrogens with zero attached hydrogens (tertiary/aromatic N) is 1. The lowest BCUT2D eigenvalue weighted by molar-refractivity contribution is -0.0312. The number of hydrogen-bond acceptors (Lipinski definition) is 2. The topological polar surface area (TPSA) is 12.5 Å². The number of rotatable bonds is 6. The summed E-state index contributed by atoms with van der Waals surface area (Å²) in [5.41, 5.74) is 0. The second-order valence-corrected chi connectivity index (χ2v) is 4.24. The molecule has 0 aliphatic carbocycles. The Morgan fingerprint density at radius 3 is 2.79 bits per heavy atom. The first kappa shape index (κ1) is 12.0. The van der Waals surface area contributed by atoms with Crippen LogP contribution in [-0.4, -0.2) is 37.2 Å². The maximum atomic E-state index is 5.75. The van der Waals surface area contributed by atoms with Crippen molar-refractivity contribution in [1.29, 1.82) is 0 Å². The van der Waals surface area contributed by atoms with Gasteiger partial charge in [-0.05, 0) is 13.0 Å². The van der Waals surface area contributed by atoms with Gasteiger partial charge < -0.3 is 4.74 Å². The lowest BCUT2D eigenvalue weighted by Gasteiger charge is -2.32. The first-order valence-corrected chi connectivity index (χ1v) is 6.20. The number of likely N-dealkylation sites (N-methyl/N-ethyl adjacent to an activating group) is 1. The maximum absolute atomic E-state index is 5.75. The highest BCUT2D eigenvalue weighted by atomic mass is 16.5. The molecule has 1 aliphatic rings. The minimum atomic E-state index is 0.514. The molecule has 1 aliphatic heterocycles. The van der Waals surface area contributed by atoms with E-state index < -0.39 is 0 Å². The fourth-order valence-corrected chi connectivity index (χ4v) is 2.04. The van der Waals surface area contributed by atoms with Crippen LogP contribution >= 0.6 is 0 Å². The molecule has 84 valence electrons. The quantitative estimate of drug-likeness (QED) is 0.610. The summed E-state index contributed by atoms with van der Waals surface area (Å²) in [7, 11) is 0. The van der Waals surface area contributed by atoms with Gasteiger partial charge >= 0.3 is 0 Å². The van der Waals surface area contributed by atoms with E-state index in [-0.39, 0.29) is 0 Å². The molecule has 0 aromatic rings. The van der Waals surface area contributed by atoms with Crippen LogP contribution in [0.25, 0.3) is 0 Å². The summed E-state index contributed by atoms with van der Waals surface area (Å²) in [6.07, 6.45) is 7.20. The van der Waals surface area contributed by atoms with Crippen LogP contribution in [-0.2, 0) is 4.74 Å². The maximum Gasteiger partial charge on any atom is 0.0702 e. The normalized spacial score (nSPS) is 24.0. The summed E-state index contributed by atoms with van der Waals surface area (Å²) in [5, 5.41) is 0. The van der Waals surface area contributed by atoms with Crippen LogP contribution in [0.15, 0.2) is 0 Å². The van der Waals surface area contributed by atoms with Crippen molar-refractivity contribution >= 4 is 0 Å². The van der Waals surface area contributed by atoms with Gasteiger partial charge in [0.1, 0.15) is 0 Å². The Morgan fingerprint density at radius 1 is 1.21 bits per heavy atom. The molecule has 0 aromatic carbocycles. The molecule has 14 heavy (non-hydrogen) atoms. The third-order valence-electron chi connectivity index (χ3n) is 3.05. The predicted molar refractivity (Wildman–Crippen MR) is 60.6 cm³/mol. The molecular formula is C12H25NO. The van der Waals surface area contributed by atoms with Gasteiger partial charge in [-0.2, -0.15) is 0 Å². The molecule has 0 amide bonds. The van der Waals surface area contributed by atoms with E-state index in [1.807, 2.05) is 0 Å². The summed E-state index contributed by atoms with van der Waals surface area (Å²) in [5.74, 6) is 0. The molecule has 1 saturated heterocycles. The van der Waals surface area contributed by atoms with E-state index in [0.717, 1.165) is 19.7 Å². The van der Waals surface area contributed by atoms with E-state index in [2.05, 4.69) is 18.7 Å². The highest BCUT2D eigenvalue weighted by Gasteiger charge is 2.18. The van der Waals surface area contributed by atoms with Crippen molar-refractivity contribution in [3.05, 3.63) is 0 Å². The van der Waals surface area contributed by atoms with Crippen LogP contribution in [0.1, 0.15) is 46.0 Å². The summed E-state index contributed by atoms with van der Waals surface area (Å²) in [4.78, 5) is 2.49. The molecule has 0 N–H and O–H groups in total. The lowest BCUT2D eigenvalue weighted by atomic mass is 10.1. The Kier molecular flexibility index (Phi) is 6.20. The second kappa shape index (κ2) is 7.24. The molecule has 0 spiro atoms. The van der Waals surface area contributed by atoms with E-state index in [1.54, 1.807) is 0 Å². The van der Waals surface area contributed by atoms with E-state index in [1.165, 1.54) is 38.6 Å². The minimum Gasteiger partial charge on any atom is -0.376 e. The van der Waals surface area contributed by atoms with Crippen LogP contribution in [0.2, 0.25) is 0 Å². The molecule has 0 radical (unpaired) electrons. The van der Waals surface area contributed by atoms with Gasteiger partial charge in [0.25, 0.3) is 0 Å². The summed E-state index contributed by atoms with van der Waals surface area (Å²) < 4.78 is 5.75. The van der Waals surface area contributed by atoms with Crippen LogP contribution in [0.4, 0.5) is 0 Å². The fourth-order valence-electron chi connectivity index (χ4n) is 2.04. The van der Waals surface area contributed by atoms with Crippen molar-refractivity contribution in [3.8, 4) is 0 Å². The van der Waals surface area contributed by atoms with Gasteiger partial charge in [0.2, 0.25) is 0 Å². The first-order valence-electron chi connectivity index (χ1n) is 6.20. The summed E-state index contributed by atoms with van der Waals surface area (Å²) >= 11 is 0. The smallest absolute Gasteiger partial charge is 0.0702 e. The van der Waals surface area contributed by atoms with Gasteiger partial charge in [-0.25, -0.2) is 0 Å². The SMILES string of the molecule is CCCCCCC1CN(CC)CCO1. The summed E-state index contributed by atoms with van der Waals surface area (Å²) in [6.45, 7) is 8.89. The van der Waals surface area contributed by atoms with Crippen molar-refractivity contribution in [3.63, 3.8) is 0 Å². The Balaban J connectivity index is 2.05. The molecular weight excluding hydrogens is 174 g/mol. The van der Waals surface area contributed by atoms with Gasteiger partial charge in [-0.1, -0.05) is 39.5 Å². The molecule has 1 rings (SSSR count). The Hall–Kier alpha value is -0.0800. The van der Waals surface area contributed by atoms with Gasteiger partial charge in [0, 0.05) is 13.1 Å². The van der Waals surface area contributed by atoms with Gasteiger partial charge in [0.15, 0.2) is 0 Å². The van der Waals surface area contributed by atoms with Crippen molar-refractivity contribution in [1.82, 2.24) is 4.90 Å². The van der Waals surface area contributed by atoms with E-state index >= 15 is 0 Å². The highest BCUT2D eigenvalue weighted by Crippen LogP contribution is 2.12. The van der Waals surface area contributed by atoms with Crippen LogP contribution in [0.5, 0.6) is 0 Å². The number of ether oxygens (including phenoxy) is 1. The predicted octanol–water partition coefficient (Wildman–Crippen LogP) is 2.68. The molecule has 0 bridgehead atoms. The Labute approximate surface area is 88.6 Å². The molecule has 1 fully saturated rings. The molecule has 1 unspecified atom stereocenters. The largest absolute Gasteiger partial charge is 0.376 e. The van der Waals surface area contributed by atoms with Gasteiger partial charge in [0.05, 0.1) is 12.7 Å². The third kappa shape index (κ3) is 4.43. The standard InChI is InChI=1S/C12H25NO/c1-3-5-6-7-8-12-11-13(4-2)9-10-14-12/h12H,3-11H2,1-2H3. The van der Waals surface area contributed by atoms with Crippen LogP contribution in [0, 0.1) is 0 Å². The Bertz CT molecular complexity index is 138. The third-order valence-corrected chi connectivity index (χ3v) is 3.05. The molecule has 0 aromatic heterocycles. The van der Waals surface area contributed by atoms with Crippen molar-refractivity contribution in [2.75, 3.05) is 26.2 Å². The first-order chi connectivity index (χ1) is 6.86. The van der Waals surface area contributed by atoms with Crippen molar-refractivity contribution < 1.29 is 4.74 Å². The van der Waals surface area contributed by atoms with E-state index in [4.69, 9.17) is 4.74 Å². The monoisotopic (exact) mass is 199 g/mol. The van der Waals surface area contributed by atoms with E-state index in [0.29, 0.717) is 6.10 Å². The molecule has 2 nitrogen and oxygen atoms in total. The molecule has 0 saturated carbocycles. The number of unbranched alkanes of at least 4 members (excludes halogenated alkanes) is 3. The zero-order valence-corrected chi connectivity index (χ0v) is 9.80. The number of hydrogen-bond donors (Lipinski definition) is 0. The van der Waals surface area contributed by atoms with Gasteiger partial charge in [-0.3, -0.25) is 4.90 Å². The zero-order chi connectivity index (χ0) is 10.2.